The van der Waals surface area contributed by atoms with Gasteiger partial charge in [0, 0.05) is 0 Å². The summed E-state index contributed by atoms with van der Waals surface area (Å²) in [7, 11) is 0. The Labute approximate surface area is 59.5 Å². The molecule has 0 aliphatic heterocycles. The Balaban J connectivity index is 2.08. The minimum Gasteiger partial charge on any atom is -0.446 e. The number of hydrogen-bond acceptors (Lipinski definition) is 3. The van der Waals surface area contributed by atoms with E-state index in [1.54, 1.807) is 0 Å². The van der Waals surface area contributed by atoms with Gasteiger partial charge in [0.15, 0.2) is 0 Å². The summed E-state index contributed by atoms with van der Waals surface area (Å²) in [5.74, 6) is 0.532. The first kappa shape index (κ1) is 7.34. The quantitative estimate of drug-likeness (QED) is 0.564. The van der Waals surface area contributed by atoms with Crippen LogP contribution in [-0.2, 0) is 4.74 Å². The van der Waals surface area contributed by atoms with Gasteiger partial charge >= 0.3 is 6.09 Å². The molecule has 0 atom stereocenters. The first-order valence-corrected chi connectivity index (χ1v) is 3.38. The monoisotopic (exact) mass is 144 g/mol. The van der Waals surface area contributed by atoms with Crippen LogP contribution in [0.4, 0.5) is 4.79 Å². The molecule has 0 saturated heterocycles. The first-order valence-electron chi connectivity index (χ1n) is 3.38. The van der Waals surface area contributed by atoms with E-state index in [4.69, 9.17) is 16.2 Å². The molecule has 0 aromatic heterocycles. The van der Waals surface area contributed by atoms with Crippen molar-refractivity contribution in [2.24, 2.45) is 17.4 Å². The fourth-order valence-corrected chi connectivity index (χ4v) is 1.13. The average molecular weight is 144 g/mol. The zero-order valence-corrected chi connectivity index (χ0v) is 5.75. The van der Waals surface area contributed by atoms with Gasteiger partial charge in [-0.1, -0.05) is 0 Å². The van der Waals surface area contributed by atoms with Crippen molar-refractivity contribution in [3.8, 4) is 0 Å². The lowest BCUT2D eigenvalue weighted by Crippen LogP contribution is -2.38. The van der Waals surface area contributed by atoms with Crippen LogP contribution in [0, 0.1) is 5.92 Å². The number of carbonyl (C=O) groups excluding carboxylic acids is 1. The molecule has 58 valence electrons. The van der Waals surface area contributed by atoms with Crippen molar-refractivity contribution in [3.63, 3.8) is 0 Å². The first-order chi connectivity index (χ1) is 4.72. The zero-order chi connectivity index (χ0) is 7.56. The summed E-state index contributed by atoms with van der Waals surface area (Å²) in [6.45, 7) is 0.679. The fourth-order valence-electron chi connectivity index (χ4n) is 1.13. The Bertz CT molecular complexity index is 132. The molecule has 1 saturated carbocycles. The number of carbonyl (C=O) groups is 1. The van der Waals surface area contributed by atoms with Gasteiger partial charge in [0.1, 0.15) is 6.10 Å². The molecule has 1 rings (SSSR count). The molecule has 1 fully saturated rings. The van der Waals surface area contributed by atoms with Gasteiger partial charge in [-0.15, -0.1) is 0 Å². The lowest BCUT2D eigenvalue weighted by molar-refractivity contribution is 0.0253. The number of amides is 1. The SMILES string of the molecule is NC[C@H]1C[C@@H](OC(N)=O)C1. The maximum atomic E-state index is 10.2. The van der Waals surface area contributed by atoms with Gasteiger partial charge < -0.3 is 16.2 Å². The second-order valence-electron chi connectivity index (χ2n) is 2.63. The summed E-state index contributed by atoms with van der Waals surface area (Å²) < 4.78 is 4.70. The van der Waals surface area contributed by atoms with E-state index in [0.29, 0.717) is 12.5 Å². The summed E-state index contributed by atoms with van der Waals surface area (Å²) in [4.78, 5) is 10.2. The lowest BCUT2D eigenvalue weighted by atomic mass is 9.82. The van der Waals surface area contributed by atoms with E-state index in [0.717, 1.165) is 12.8 Å². The van der Waals surface area contributed by atoms with Gasteiger partial charge in [-0.3, -0.25) is 0 Å². The summed E-state index contributed by atoms with van der Waals surface area (Å²) in [5.41, 5.74) is 10.2. The van der Waals surface area contributed by atoms with E-state index in [1.165, 1.54) is 0 Å². The Morgan fingerprint density at radius 1 is 1.60 bits per heavy atom. The van der Waals surface area contributed by atoms with Gasteiger partial charge in [-0.05, 0) is 25.3 Å². The van der Waals surface area contributed by atoms with Gasteiger partial charge in [0.2, 0.25) is 0 Å². The van der Waals surface area contributed by atoms with E-state index >= 15 is 0 Å². The maximum absolute atomic E-state index is 10.2. The summed E-state index contributed by atoms with van der Waals surface area (Å²) in [5, 5.41) is 0. The minimum atomic E-state index is -0.680. The predicted molar refractivity (Wildman–Crippen MR) is 36.2 cm³/mol. The Kier molecular flexibility index (Phi) is 2.11. The van der Waals surface area contributed by atoms with E-state index in [9.17, 15) is 4.79 Å². The van der Waals surface area contributed by atoms with Crippen LogP contribution in [0.25, 0.3) is 0 Å². The third-order valence-electron chi connectivity index (χ3n) is 1.81. The molecule has 10 heavy (non-hydrogen) atoms. The number of rotatable bonds is 2. The van der Waals surface area contributed by atoms with E-state index in [2.05, 4.69) is 0 Å². The van der Waals surface area contributed by atoms with Gasteiger partial charge in [0.05, 0.1) is 0 Å². The van der Waals surface area contributed by atoms with Crippen LogP contribution in [0.5, 0.6) is 0 Å². The summed E-state index contributed by atoms with van der Waals surface area (Å²) >= 11 is 0. The highest BCUT2D eigenvalue weighted by atomic mass is 16.6. The molecule has 0 radical (unpaired) electrons. The second-order valence-corrected chi connectivity index (χ2v) is 2.63. The molecular weight excluding hydrogens is 132 g/mol. The zero-order valence-electron chi connectivity index (χ0n) is 5.75. The lowest BCUT2D eigenvalue weighted by Gasteiger charge is -2.32. The van der Waals surface area contributed by atoms with Gasteiger partial charge in [-0.25, -0.2) is 4.79 Å². The molecule has 1 aliphatic rings. The van der Waals surface area contributed by atoms with E-state index < -0.39 is 6.09 Å². The van der Waals surface area contributed by atoms with Crippen LogP contribution in [0.1, 0.15) is 12.8 Å². The number of ether oxygens (including phenoxy) is 1. The van der Waals surface area contributed by atoms with Crippen LogP contribution in [0.15, 0.2) is 0 Å². The maximum Gasteiger partial charge on any atom is 0.404 e. The second kappa shape index (κ2) is 2.88. The van der Waals surface area contributed by atoms with Crippen molar-refractivity contribution in [3.05, 3.63) is 0 Å². The van der Waals surface area contributed by atoms with Crippen LogP contribution in [0.3, 0.4) is 0 Å². The van der Waals surface area contributed by atoms with Crippen molar-refractivity contribution >= 4 is 6.09 Å². The molecule has 0 unspecified atom stereocenters. The van der Waals surface area contributed by atoms with Crippen LogP contribution in [0.2, 0.25) is 0 Å². The number of nitrogens with two attached hydrogens (primary N) is 2. The highest BCUT2D eigenvalue weighted by Crippen LogP contribution is 2.28. The fraction of sp³-hybridized carbons (Fsp3) is 0.833. The largest absolute Gasteiger partial charge is 0.446 e. The molecule has 4 nitrogen and oxygen atoms in total. The molecule has 0 heterocycles. The molecule has 1 aliphatic carbocycles. The third-order valence-corrected chi connectivity index (χ3v) is 1.81. The third kappa shape index (κ3) is 1.60. The topological polar surface area (TPSA) is 78.3 Å². The predicted octanol–water partition coefficient (Wildman–Crippen LogP) is -0.181. The molecular formula is C6H12N2O2. The van der Waals surface area contributed by atoms with Crippen molar-refractivity contribution in [2.45, 2.75) is 18.9 Å². The van der Waals surface area contributed by atoms with Crippen LogP contribution < -0.4 is 11.5 Å². The molecule has 0 aromatic carbocycles. The highest BCUT2D eigenvalue weighted by Gasteiger charge is 2.30. The van der Waals surface area contributed by atoms with Crippen molar-refractivity contribution < 1.29 is 9.53 Å². The van der Waals surface area contributed by atoms with E-state index in [1.807, 2.05) is 0 Å². The Morgan fingerprint density at radius 2 is 2.20 bits per heavy atom. The van der Waals surface area contributed by atoms with Gasteiger partial charge in [-0.2, -0.15) is 0 Å². The van der Waals surface area contributed by atoms with Crippen molar-refractivity contribution in [2.75, 3.05) is 6.54 Å². The highest BCUT2D eigenvalue weighted by molar-refractivity contribution is 5.64. The van der Waals surface area contributed by atoms with Crippen molar-refractivity contribution in [1.29, 1.82) is 0 Å². The smallest absolute Gasteiger partial charge is 0.404 e. The Hall–Kier alpha value is -0.770. The summed E-state index contributed by atoms with van der Waals surface area (Å²) in [6, 6.07) is 0. The molecule has 0 bridgehead atoms. The van der Waals surface area contributed by atoms with Crippen molar-refractivity contribution in [1.82, 2.24) is 0 Å². The number of hydrogen-bond donors (Lipinski definition) is 2. The number of primary amides is 1. The average Bonchev–Trinajstić information content (AvgIpc) is 1.76. The normalized spacial score (nSPS) is 30.9. The van der Waals surface area contributed by atoms with Gasteiger partial charge in [0.25, 0.3) is 0 Å². The Morgan fingerprint density at radius 3 is 2.60 bits per heavy atom. The molecule has 0 spiro atoms. The summed E-state index contributed by atoms with van der Waals surface area (Å²) in [6.07, 6.45) is 1.10. The molecule has 4 N–H and O–H groups in total. The van der Waals surface area contributed by atoms with Crippen LogP contribution in [-0.4, -0.2) is 18.7 Å². The molecule has 4 heteroatoms. The van der Waals surface area contributed by atoms with E-state index in [-0.39, 0.29) is 6.10 Å². The molecule has 1 amide bonds. The standard InChI is InChI=1S/C6H12N2O2/c7-3-4-1-5(2-4)10-6(8)9/h4-5H,1-3,7H2,(H2,8,9)/t4-,5+. The van der Waals surface area contributed by atoms with Crippen LogP contribution >= 0.6 is 0 Å². The minimum absolute atomic E-state index is 0.0334. The molecule has 0 aromatic rings.